The average Bonchev–Trinajstić information content (AvgIpc) is 2.49. The summed E-state index contributed by atoms with van der Waals surface area (Å²) in [4.78, 5) is 0. The first-order valence-electron chi connectivity index (χ1n) is 6.52. The highest BCUT2D eigenvalue weighted by Gasteiger charge is 2.48. The third kappa shape index (κ3) is 3.12. The molecule has 1 aliphatic rings. The number of ether oxygens (including phenoxy) is 3. The Kier molecular flexibility index (Phi) is 4.70. The molecule has 1 aromatic carbocycles. The van der Waals surface area contributed by atoms with Crippen LogP contribution in [0.25, 0.3) is 0 Å². The summed E-state index contributed by atoms with van der Waals surface area (Å²) in [5.41, 5.74) is 0.623. The van der Waals surface area contributed by atoms with Crippen LogP contribution < -0.4 is 9.47 Å². The van der Waals surface area contributed by atoms with Gasteiger partial charge in [-0.1, -0.05) is 6.07 Å². The van der Waals surface area contributed by atoms with Crippen molar-refractivity contribution in [3.63, 3.8) is 0 Å². The van der Waals surface area contributed by atoms with Crippen molar-refractivity contribution >= 4 is 0 Å². The minimum absolute atomic E-state index is 0.0711. The summed E-state index contributed by atoms with van der Waals surface area (Å²) < 4.78 is 15.4. The summed E-state index contributed by atoms with van der Waals surface area (Å²) in [5.74, 6) is -0.962. The number of hydrogen-bond donors (Lipinski definition) is 4. The molecule has 4 N–H and O–H groups in total. The summed E-state index contributed by atoms with van der Waals surface area (Å²) in [6.45, 7) is -0.262. The summed E-state index contributed by atoms with van der Waals surface area (Å²) in [7, 11) is 3.00. The monoisotopic (exact) mass is 300 g/mol. The van der Waals surface area contributed by atoms with Crippen LogP contribution in [0.5, 0.6) is 11.5 Å². The lowest BCUT2D eigenvalue weighted by atomic mass is 9.91. The molecule has 0 bridgehead atoms. The van der Waals surface area contributed by atoms with Crippen LogP contribution in [0.4, 0.5) is 0 Å². The Morgan fingerprint density at radius 1 is 1.19 bits per heavy atom. The van der Waals surface area contributed by atoms with E-state index in [-0.39, 0.29) is 13.0 Å². The molecule has 1 heterocycles. The third-order valence-electron chi connectivity index (χ3n) is 3.59. The molecule has 0 amide bonds. The molecule has 7 nitrogen and oxygen atoms in total. The summed E-state index contributed by atoms with van der Waals surface area (Å²) in [6.07, 6.45) is -4.39. The first kappa shape index (κ1) is 16.0. The number of benzene rings is 1. The van der Waals surface area contributed by atoms with Crippen molar-refractivity contribution in [2.24, 2.45) is 0 Å². The molecule has 7 heteroatoms. The number of aliphatic hydroxyl groups is 4. The maximum atomic E-state index is 10.4. The molecule has 2 rings (SSSR count). The van der Waals surface area contributed by atoms with Gasteiger partial charge < -0.3 is 34.6 Å². The quantitative estimate of drug-likeness (QED) is 0.567. The fraction of sp³-hybridized carbons (Fsp3) is 0.571. The second-order valence-electron chi connectivity index (χ2n) is 5.02. The molecule has 1 fully saturated rings. The maximum absolute atomic E-state index is 10.4. The summed E-state index contributed by atoms with van der Waals surface area (Å²) in [5, 5.41) is 39.3. The molecule has 0 aromatic heterocycles. The van der Waals surface area contributed by atoms with Gasteiger partial charge in [0.25, 0.3) is 0 Å². The van der Waals surface area contributed by atoms with Crippen molar-refractivity contribution < 1.29 is 34.6 Å². The smallest absolute Gasteiger partial charge is 0.198 e. The number of hydrogen-bond acceptors (Lipinski definition) is 7. The topological polar surface area (TPSA) is 109 Å². The van der Waals surface area contributed by atoms with E-state index in [1.54, 1.807) is 18.2 Å². The fourth-order valence-electron chi connectivity index (χ4n) is 2.33. The van der Waals surface area contributed by atoms with Gasteiger partial charge in [-0.05, 0) is 17.7 Å². The van der Waals surface area contributed by atoms with Crippen LogP contribution in [0.1, 0.15) is 5.56 Å². The summed E-state index contributed by atoms with van der Waals surface area (Å²) in [6, 6.07) is 5.00. The first-order chi connectivity index (χ1) is 9.91. The van der Waals surface area contributed by atoms with Crippen LogP contribution in [-0.2, 0) is 11.2 Å². The van der Waals surface area contributed by atoms with Crippen LogP contribution >= 0.6 is 0 Å². The van der Waals surface area contributed by atoms with Crippen molar-refractivity contribution in [1.82, 2.24) is 0 Å². The number of aliphatic hydroxyl groups excluding tert-OH is 3. The SMILES string of the molecule is COc1ccc(CC2(O)OC[C@@H](O)[C@H](O)[C@H]2O)cc1OC. The van der Waals surface area contributed by atoms with E-state index in [0.29, 0.717) is 17.1 Å². The zero-order chi connectivity index (χ0) is 15.6. The van der Waals surface area contributed by atoms with Crippen molar-refractivity contribution in [2.45, 2.75) is 30.5 Å². The minimum atomic E-state index is -1.97. The lowest BCUT2D eigenvalue weighted by Crippen LogP contribution is -2.61. The minimum Gasteiger partial charge on any atom is -0.493 e. The maximum Gasteiger partial charge on any atom is 0.198 e. The Bertz CT molecular complexity index is 492. The van der Waals surface area contributed by atoms with Gasteiger partial charge in [0, 0.05) is 6.42 Å². The predicted octanol–water partition coefficient (Wildman–Crippen LogP) is -0.952. The Morgan fingerprint density at radius 2 is 1.86 bits per heavy atom. The Hall–Kier alpha value is -1.38. The lowest BCUT2D eigenvalue weighted by molar-refractivity contribution is -0.320. The first-order valence-corrected chi connectivity index (χ1v) is 6.52. The molecule has 0 radical (unpaired) electrons. The van der Waals surface area contributed by atoms with Crippen molar-refractivity contribution in [2.75, 3.05) is 20.8 Å². The standard InChI is InChI=1S/C14H20O7/c1-19-10-4-3-8(5-11(10)20-2)6-14(18)13(17)12(16)9(15)7-21-14/h3-5,9,12-13,15-18H,6-7H2,1-2H3/t9-,12+,13-,14?/m1/s1. The van der Waals surface area contributed by atoms with Gasteiger partial charge in [-0.25, -0.2) is 0 Å². The Labute approximate surface area is 122 Å². The second kappa shape index (κ2) is 6.17. The average molecular weight is 300 g/mol. The molecule has 0 saturated carbocycles. The second-order valence-corrected chi connectivity index (χ2v) is 5.02. The summed E-state index contributed by atoms with van der Waals surface area (Å²) >= 11 is 0. The molecule has 118 valence electrons. The fourth-order valence-corrected chi connectivity index (χ4v) is 2.33. The largest absolute Gasteiger partial charge is 0.493 e. The molecule has 1 aliphatic heterocycles. The van der Waals surface area contributed by atoms with Gasteiger partial charge in [0.2, 0.25) is 0 Å². The molecule has 1 unspecified atom stereocenters. The number of rotatable bonds is 4. The highest BCUT2D eigenvalue weighted by atomic mass is 16.6. The van der Waals surface area contributed by atoms with Gasteiger partial charge in [0.1, 0.15) is 18.3 Å². The molecule has 4 atom stereocenters. The molecule has 1 aromatic rings. The number of methoxy groups -OCH3 is 2. The third-order valence-corrected chi connectivity index (χ3v) is 3.59. The van der Waals surface area contributed by atoms with E-state index in [2.05, 4.69) is 0 Å². The van der Waals surface area contributed by atoms with Crippen LogP contribution in [0.3, 0.4) is 0 Å². The van der Waals surface area contributed by atoms with Gasteiger partial charge >= 0.3 is 0 Å². The van der Waals surface area contributed by atoms with Gasteiger partial charge in [-0.3, -0.25) is 0 Å². The van der Waals surface area contributed by atoms with Crippen LogP contribution in [0, 0.1) is 0 Å². The van der Waals surface area contributed by atoms with Crippen molar-refractivity contribution in [1.29, 1.82) is 0 Å². The Morgan fingerprint density at radius 3 is 2.48 bits per heavy atom. The molecule has 0 spiro atoms. The van der Waals surface area contributed by atoms with E-state index in [0.717, 1.165) is 0 Å². The molecule has 21 heavy (non-hydrogen) atoms. The van der Waals surface area contributed by atoms with Gasteiger partial charge in [0.05, 0.1) is 20.8 Å². The van der Waals surface area contributed by atoms with E-state index in [1.807, 2.05) is 0 Å². The van der Waals surface area contributed by atoms with Crippen LogP contribution in [-0.4, -0.2) is 65.4 Å². The zero-order valence-electron chi connectivity index (χ0n) is 11.9. The highest BCUT2D eigenvalue weighted by Crippen LogP contribution is 2.32. The highest BCUT2D eigenvalue weighted by molar-refractivity contribution is 5.43. The zero-order valence-corrected chi connectivity index (χ0v) is 11.9. The van der Waals surface area contributed by atoms with Gasteiger partial charge in [-0.15, -0.1) is 0 Å². The molecular weight excluding hydrogens is 280 g/mol. The lowest BCUT2D eigenvalue weighted by Gasteiger charge is -2.41. The molecule has 1 saturated heterocycles. The molecular formula is C14H20O7. The van der Waals surface area contributed by atoms with E-state index in [4.69, 9.17) is 14.2 Å². The van der Waals surface area contributed by atoms with Crippen LogP contribution in [0.15, 0.2) is 18.2 Å². The van der Waals surface area contributed by atoms with E-state index < -0.39 is 24.1 Å². The van der Waals surface area contributed by atoms with Crippen molar-refractivity contribution in [3.8, 4) is 11.5 Å². The van der Waals surface area contributed by atoms with E-state index in [1.165, 1.54) is 14.2 Å². The van der Waals surface area contributed by atoms with Crippen LogP contribution in [0.2, 0.25) is 0 Å². The normalized spacial score (nSPS) is 32.8. The van der Waals surface area contributed by atoms with Gasteiger partial charge in [-0.2, -0.15) is 0 Å². The molecule has 0 aliphatic carbocycles. The van der Waals surface area contributed by atoms with Gasteiger partial charge in [0.15, 0.2) is 17.3 Å². The predicted molar refractivity (Wildman–Crippen MR) is 72.2 cm³/mol. The van der Waals surface area contributed by atoms with E-state index in [9.17, 15) is 20.4 Å². The van der Waals surface area contributed by atoms with E-state index >= 15 is 0 Å². The van der Waals surface area contributed by atoms with Crippen molar-refractivity contribution in [3.05, 3.63) is 23.8 Å². The Balaban J connectivity index is 2.20.